The highest BCUT2D eigenvalue weighted by Crippen LogP contribution is 2.16. The van der Waals surface area contributed by atoms with Gasteiger partial charge in [0.2, 0.25) is 0 Å². The highest BCUT2D eigenvalue weighted by atomic mass is 35.5. The first-order chi connectivity index (χ1) is 14.5. The molecule has 1 heterocycles. The number of amides is 1. The van der Waals surface area contributed by atoms with Crippen LogP contribution in [-0.4, -0.2) is 41.4 Å². The van der Waals surface area contributed by atoms with Crippen molar-refractivity contribution in [3.05, 3.63) is 82.6 Å². The number of aryl methyl sites for hydroxylation is 1. The lowest BCUT2D eigenvalue weighted by Crippen LogP contribution is -2.32. The second-order valence-electron chi connectivity index (χ2n) is 6.61. The minimum Gasteiger partial charge on any atom is -0.492 e. The van der Waals surface area contributed by atoms with Gasteiger partial charge in [0.1, 0.15) is 12.4 Å². The zero-order chi connectivity index (χ0) is 21.3. The third kappa shape index (κ3) is 6.35. The molecule has 0 fully saturated rings. The predicted molar refractivity (Wildman–Crippen MR) is 113 cm³/mol. The summed E-state index contributed by atoms with van der Waals surface area (Å²) < 4.78 is 12.2. The van der Waals surface area contributed by atoms with Gasteiger partial charge in [0.15, 0.2) is 6.61 Å². The summed E-state index contributed by atoms with van der Waals surface area (Å²) in [6.45, 7) is 2.65. The van der Waals surface area contributed by atoms with Gasteiger partial charge in [-0.3, -0.25) is 9.48 Å². The first kappa shape index (κ1) is 21.4. The van der Waals surface area contributed by atoms with E-state index in [-0.39, 0.29) is 12.2 Å². The van der Waals surface area contributed by atoms with Crippen molar-refractivity contribution in [2.45, 2.75) is 13.5 Å². The van der Waals surface area contributed by atoms with E-state index in [1.54, 1.807) is 16.9 Å². The van der Waals surface area contributed by atoms with E-state index >= 15 is 0 Å². The molecule has 8 heteroatoms. The number of ether oxygens (including phenoxy) is 2. The molecule has 3 aromatic rings. The number of hydrogen-bond acceptors (Lipinski definition) is 5. The maximum atomic E-state index is 12.1. The van der Waals surface area contributed by atoms with Gasteiger partial charge in [-0.1, -0.05) is 41.9 Å². The molecule has 1 amide bonds. The molecule has 0 saturated carbocycles. The summed E-state index contributed by atoms with van der Waals surface area (Å²) >= 11 is 6.14. The zero-order valence-electron chi connectivity index (χ0n) is 16.5. The Balaban J connectivity index is 1.38. The molecule has 2 aromatic carbocycles. The lowest BCUT2D eigenvalue weighted by molar-refractivity contribution is -0.124. The molecule has 3 rings (SSSR count). The molecular weight excluding hydrogens is 406 g/mol. The van der Waals surface area contributed by atoms with Crippen molar-refractivity contribution in [3.63, 3.8) is 0 Å². The molecule has 0 bridgehead atoms. The van der Waals surface area contributed by atoms with Gasteiger partial charge >= 0.3 is 5.97 Å². The maximum absolute atomic E-state index is 12.1. The molecule has 0 atom stereocenters. The summed E-state index contributed by atoms with van der Waals surface area (Å²) in [7, 11) is 0. The number of benzene rings is 2. The molecule has 1 N–H and O–H groups in total. The number of carbonyl (C=O) groups excluding carboxylic acids is 2. The standard InChI is InChI=1S/C22H22ClN3O4/c1-16-5-4-7-19(11-16)29-10-9-24-21(27)15-30-22(28)18-12-25-26(14-18)13-17-6-2-3-8-20(17)23/h2-8,11-12,14H,9-10,13,15H2,1H3,(H,24,27). The number of rotatable bonds is 9. The summed E-state index contributed by atoms with van der Waals surface area (Å²) in [6, 6.07) is 15.0. The fourth-order valence-electron chi connectivity index (χ4n) is 2.69. The van der Waals surface area contributed by atoms with Crippen molar-refractivity contribution in [2.75, 3.05) is 19.8 Å². The van der Waals surface area contributed by atoms with Gasteiger partial charge in [0, 0.05) is 11.2 Å². The summed E-state index contributed by atoms with van der Waals surface area (Å²) in [5.74, 6) is -0.282. The number of hydrogen-bond donors (Lipinski definition) is 1. The molecule has 0 saturated heterocycles. The van der Waals surface area contributed by atoms with Crippen LogP contribution in [0.15, 0.2) is 60.9 Å². The molecule has 0 aliphatic rings. The Hall–Kier alpha value is -3.32. The van der Waals surface area contributed by atoms with Crippen molar-refractivity contribution in [3.8, 4) is 5.75 Å². The molecule has 0 radical (unpaired) electrons. The molecular formula is C22H22ClN3O4. The highest BCUT2D eigenvalue weighted by Gasteiger charge is 2.13. The minimum absolute atomic E-state index is 0.262. The molecule has 0 aliphatic heterocycles. The summed E-state index contributed by atoms with van der Waals surface area (Å²) in [4.78, 5) is 24.0. The first-order valence-corrected chi connectivity index (χ1v) is 9.78. The SMILES string of the molecule is Cc1cccc(OCCNC(=O)COC(=O)c2cnn(Cc3ccccc3Cl)c2)c1. The molecule has 30 heavy (non-hydrogen) atoms. The number of halogens is 1. The van der Waals surface area contributed by atoms with E-state index in [1.165, 1.54) is 6.20 Å². The van der Waals surface area contributed by atoms with Gasteiger partial charge < -0.3 is 14.8 Å². The van der Waals surface area contributed by atoms with Crippen LogP contribution in [0.25, 0.3) is 0 Å². The van der Waals surface area contributed by atoms with Crippen molar-refractivity contribution in [1.82, 2.24) is 15.1 Å². The summed E-state index contributed by atoms with van der Waals surface area (Å²) in [5, 5.41) is 7.40. The van der Waals surface area contributed by atoms with E-state index in [2.05, 4.69) is 10.4 Å². The topological polar surface area (TPSA) is 82.4 Å². The molecule has 156 valence electrons. The average molecular weight is 428 g/mol. The summed E-state index contributed by atoms with van der Waals surface area (Å²) in [6.07, 6.45) is 2.95. The Morgan fingerprint density at radius 2 is 2.00 bits per heavy atom. The van der Waals surface area contributed by atoms with E-state index in [9.17, 15) is 9.59 Å². The number of esters is 1. The van der Waals surface area contributed by atoms with Gasteiger partial charge in [-0.2, -0.15) is 5.10 Å². The monoisotopic (exact) mass is 427 g/mol. The zero-order valence-corrected chi connectivity index (χ0v) is 17.3. The van der Waals surface area contributed by atoms with Crippen molar-refractivity contribution >= 4 is 23.5 Å². The predicted octanol–water partition coefficient (Wildman–Crippen LogP) is 3.25. The van der Waals surface area contributed by atoms with Crippen molar-refractivity contribution in [1.29, 1.82) is 0 Å². The summed E-state index contributed by atoms with van der Waals surface area (Å²) in [5.41, 5.74) is 2.24. The number of aromatic nitrogens is 2. The Morgan fingerprint density at radius 1 is 1.17 bits per heavy atom. The third-order valence-corrected chi connectivity index (χ3v) is 4.54. The molecule has 0 aliphatic carbocycles. The second kappa shape index (κ2) is 10.5. The Labute approximate surface area is 179 Å². The minimum atomic E-state index is -0.619. The van der Waals surface area contributed by atoms with Crippen LogP contribution in [0.5, 0.6) is 5.75 Å². The maximum Gasteiger partial charge on any atom is 0.341 e. The van der Waals surface area contributed by atoms with Gasteiger partial charge in [0.25, 0.3) is 5.91 Å². The van der Waals surface area contributed by atoms with Crippen molar-refractivity contribution < 1.29 is 19.1 Å². The number of nitrogens with zero attached hydrogens (tertiary/aromatic N) is 2. The van der Waals surface area contributed by atoms with E-state index in [0.29, 0.717) is 24.7 Å². The van der Waals surface area contributed by atoms with Crippen molar-refractivity contribution in [2.24, 2.45) is 0 Å². The normalized spacial score (nSPS) is 10.5. The Kier molecular flexibility index (Phi) is 7.45. The highest BCUT2D eigenvalue weighted by molar-refractivity contribution is 6.31. The van der Waals surface area contributed by atoms with Crippen LogP contribution in [0.3, 0.4) is 0 Å². The van der Waals surface area contributed by atoms with Crippen LogP contribution in [0.2, 0.25) is 5.02 Å². The molecule has 0 spiro atoms. The van der Waals surface area contributed by atoms with E-state index in [0.717, 1.165) is 16.9 Å². The van der Waals surface area contributed by atoms with E-state index < -0.39 is 11.9 Å². The Morgan fingerprint density at radius 3 is 2.80 bits per heavy atom. The fourth-order valence-corrected chi connectivity index (χ4v) is 2.88. The quantitative estimate of drug-likeness (QED) is 0.418. The van der Waals surface area contributed by atoms with Gasteiger partial charge in [-0.25, -0.2) is 4.79 Å². The third-order valence-electron chi connectivity index (χ3n) is 4.18. The van der Waals surface area contributed by atoms with Crippen LogP contribution in [0.1, 0.15) is 21.5 Å². The lowest BCUT2D eigenvalue weighted by atomic mass is 10.2. The smallest absolute Gasteiger partial charge is 0.341 e. The van der Waals surface area contributed by atoms with Crippen LogP contribution in [0, 0.1) is 6.92 Å². The molecule has 0 unspecified atom stereocenters. The molecule has 7 nitrogen and oxygen atoms in total. The first-order valence-electron chi connectivity index (χ1n) is 9.40. The van der Waals surface area contributed by atoms with Crippen LogP contribution in [-0.2, 0) is 16.1 Å². The average Bonchev–Trinajstić information content (AvgIpc) is 3.20. The fraction of sp³-hybridized carbons (Fsp3) is 0.227. The van der Waals surface area contributed by atoms with Crippen LogP contribution >= 0.6 is 11.6 Å². The molecule has 1 aromatic heterocycles. The largest absolute Gasteiger partial charge is 0.492 e. The van der Waals surface area contributed by atoms with Crippen LogP contribution in [0.4, 0.5) is 0 Å². The van der Waals surface area contributed by atoms with Gasteiger partial charge in [-0.05, 0) is 36.2 Å². The van der Waals surface area contributed by atoms with Crippen LogP contribution < -0.4 is 10.1 Å². The lowest BCUT2D eigenvalue weighted by Gasteiger charge is -2.08. The van der Waals surface area contributed by atoms with E-state index in [4.69, 9.17) is 21.1 Å². The number of nitrogens with one attached hydrogen (secondary N) is 1. The van der Waals surface area contributed by atoms with Gasteiger partial charge in [0.05, 0.1) is 24.8 Å². The van der Waals surface area contributed by atoms with E-state index in [1.807, 2.05) is 49.4 Å². The Bertz CT molecular complexity index is 1020. The number of carbonyl (C=O) groups is 2. The second-order valence-corrected chi connectivity index (χ2v) is 7.02. The van der Waals surface area contributed by atoms with Gasteiger partial charge in [-0.15, -0.1) is 0 Å².